The van der Waals surface area contributed by atoms with Crippen LogP contribution < -0.4 is 0 Å². The van der Waals surface area contributed by atoms with Gasteiger partial charge in [0.25, 0.3) is 0 Å². The minimum atomic E-state index is -0.773. The van der Waals surface area contributed by atoms with Crippen molar-refractivity contribution in [1.82, 2.24) is 0 Å². The second-order valence-corrected chi connectivity index (χ2v) is 2.15. The normalized spacial score (nSPS) is 11.3. The molecule has 0 heterocycles. The Morgan fingerprint density at radius 2 is 2.40 bits per heavy atom. The first-order valence-electron chi connectivity index (χ1n) is 2.52. The SMILES string of the molecule is C=C(C#N)C(=O)OC(C)Cl. The molecule has 54 valence electrons. The summed E-state index contributed by atoms with van der Waals surface area (Å²) < 4.78 is 4.41. The summed E-state index contributed by atoms with van der Waals surface area (Å²) in [5.74, 6) is -0.773. The molecule has 4 heteroatoms. The Hall–Kier alpha value is -1.01. The van der Waals surface area contributed by atoms with Crippen molar-refractivity contribution in [3.05, 3.63) is 12.2 Å². The average Bonchev–Trinajstić information content (AvgIpc) is 1.85. The Bertz CT molecular complexity index is 192. The van der Waals surface area contributed by atoms with Crippen LogP contribution in [-0.4, -0.2) is 11.5 Å². The molecule has 0 bridgehead atoms. The summed E-state index contributed by atoms with van der Waals surface area (Å²) in [4.78, 5) is 10.6. The molecule has 0 aliphatic heterocycles. The summed E-state index contributed by atoms with van der Waals surface area (Å²) in [6.45, 7) is 4.61. The van der Waals surface area contributed by atoms with Crippen LogP contribution in [0.3, 0.4) is 0 Å². The van der Waals surface area contributed by atoms with Crippen LogP contribution in [0, 0.1) is 11.3 Å². The molecule has 0 fully saturated rings. The van der Waals surface area contributed by atoms with Gasteiger partial charge in [0, 0.05) is 0 Å². The molecule has 1 unspecified atom stereocenters. The van der Waals surface area contributed by atoms with Gasteiger partial charge in [0.2, 0.25) is 0 Å². The zero-order valence-corrected chi connectivity index (χ0v) is 6.18. The Balaban J connectivity index is 3.89. The highest BCUT2D eigenvalue weighted by molar-refractivity contribution is 6.20. The van der Waals surface area contributed by atoms with Crippen molar-refractivity contribution in [2.24, 2.45) is 0 Å². The molecule has 0 spiro atoms. The first-order chi connectivity index (χ1) is 4.57. The van der Waals surface area contributed by atoms with Crippen molar-refractivity contribution in [3.63, 3.8) is 0 Å². The van der Waals surface area contributed by atoms with E-state index in [0.29, 0.717) is 0 Å². The van der Waals surface area contributed by atoms with Crippen LogP contribution in [0.4, 0.5) is 0 Å². The lowest BCUT2D eigenvalue weighted by Crippen LogP contribution is -2.10. The summed E-state index contributed by atoms with van der Waals surface area (Å²) in [5.41, 5.74) is -0.968. The van der Waals surface area contributed by atoms with Crippen LogP contribution in [0.2, 0.25) is 0 Å². The lowest BCUT2D eigenvalue weighted by atomic mass is 10.3. The summed E-state index contributed by atoms with van der Waals surface area (Å²) in [6, 6.07) is 1.54. The van der Waals surface area contributed by atoms with E-state index in [1.54, 1.807) is 6.07 Å². The summed E-state index contributed by atoms with van der Waals surface area (Å²) in [7, 11) is 0. The Labute approximate surface area is 63.8 Å². The van der Waals surface area contributed by atoms with Gasteiger partial charge >= 0.3 is 5.97 Å². The second kappa shape index (κ2) is 3.91. The Morgan fingerprint density at radius 3 is 2.70 bits per heavy atom. The van der Waals surface area contributed by atoms with Crippen molar-refractivity contribution in [3.8, 4) is 6.07 Å². The van der Waals surface area contributed by atoms with E-state index in [1.165, 1.54) is 6.92 Å². The van der Waals surface area contributed by atoms with Crippen LogP contribution in [-0.2, 0) is 9.53 Å². The van der Waals surface area contributed by atoms with Gasteiger partial charge in [0.1, 0.15) is 11.6 Å². The molecule has 0 N–H and O–H groups in total. The van der Waals surface area contributed by atoms with E-state index in [9.17, 15) is 4.79 Å². The maximum atomic E-state index is 10.6. The largest absolute Gasteiger partial charge is 0.442 e. The molecule has 0 aromatic carbocycles. The van der Waals surface area contributed by atoms with Gasteiger partial charge in [0.05, 0.1) is 0 Å². The van der Waals surface area contributed by atoms with Crippen molar-refractivity contribution in [2.75, 3.05) is 0 Å². The fourth-order valence-corrected chi connectivity index (χ4v) is 0.345. The number of carbonyl (C=O) groups excluding carboxylic acids is 1. The van der Waals surface area contributed by atoms with Crippen LogP contribution in [0.5, 0.6) is 0 Å². The molecule has 0 rings (SSSR count). The van der Waals surface area contributed by atoms with Gasteiger partial charge in [0.15, 0.2) is 5.56 Å². The molecule has 0 saturated heterocycles. The van der Waals surface area contributed by atoms with E-state index in [-0.39, 0.29) is 5.57 Å². The van der Waals surface area contributed by atoms with E-state index >= 15 is 0 Å². The zero-order valence-electron chi connectivity index (χ0n) is 5.43. The number of alkyl halides is 1. The molecular formula is C6H6ClNO2. The number of halogens is 1. The number of nitriles is 1. The highest BCUT2D eigenvalue weighted by Crippen LogP contribution is 2.00. The quantitative estimate of drug-likeness (QED) is 0.263. The fourth-order valence-electron chi connectivity index (χ4n) is 0.264. The maximum absolute atomic E-state index is 10.6. The molecule has 0 aromatic rings. The lowest BCUT2D eigenvalue weighted by molar-refractivity contribution is -0.139. The van der Waals surface area contributed by atoms with Gasteiger partial charge in [-0.15, -0.1) is 0 Å². The third kappa shape index (κ3) is 3.10. The second-order valence-electron chi connectivity index (χ2n) is 1.54. The van der Waals surface area contributed by atoms with E-state index in [4.69, 9.17) is 16.9 Å². The molecule has 0 radical (unpaired) electrons. The summed E-state index contributed by atoms with van der Waals surface area (Å²) in [5, 5.41) is 8.12. The van der Waals surface area contributed by atoms with Crippen LogP contribution in [0.25, 0.3) is 0 Å². The van der Waals surface area contributed by atoms with Crippen LogP contribution in [0.1, 0.15) is 6.92 Å². The van der Waals surface area contributed by atoms with Crippen LogP contribution >= 0.6 is 11.6 Å². The Morgan fingerprint density at radius 1 is 1.90 bits per heavy atom. The van der Waals surface area contributed by atoms with E-state index in [2.05, 4.69) is 11.3 Å². The Kier molecular flexibility index (Phi) is 3.52. The maximum Gasteiger partial charge on any atom is 0.349 e. The predicted octanol–water partition coefficient (Wildman–Crippen LogP) is 1.19. The molecule has 0 amide bonds. The van der Waals surface area contributed by atoms with E-state index in [1.807, 2.05) is 0 Å². The van der Waals surface area contributed by atoms with Gasteiger partial charge in [-0.05, 0) is 6.92 Å². The minimum Gasteiger partial charge on any atom is -0.442 e. The third-order valence-electron chi connectivity index (χ3n) is 0.651. The number of ether oxygens (including phenoxy) is 1. The van der Waals surface area contributed by atoms with Gasteiger partial charge < -0.3 is 4.74 Å². The summed E-state index contributed by atoms with van der Waals surface area (Å²) >= 11 is 5.28. The third-order valence-corrected chi connectivity index (χ3v) is 0.740. The smallest absolute Gasteiger partial charge is 0.349 e. The molecule has 10 heavy (non-hydrogen) atoms. The minimum absolute atomic E-state index is 0.243. The van der Waals surface area contributed by atoms with Crippen LogP contribution in [0.15, 0.2) is 12.2 Å². The summed E-state index contributed by atoms with van der Waals surface area (Å²) in [6.07, 6.45) is 0. The number of carbonyl (C=O) groups is 1. The molecule has 3 nitrogen and oxygen atoms in total. The zero-order chi connectivity index (χ0) is 8.15. The van der Waals surface area contributed by atoms with E-state index < -0.39 is 11.5 Å². The van der Waals surface area contributed by atoms with Crippen molar-refractivity contribution in [1.29, 1.82) is 5.26 Å². The molecular weight excluding hydrogens is 154 g/mol. The van der Waals surface area contributed by atoms with Crippen molar-refractivity contribution >= 4 is 17.6 Å². The first kappa shape index (κ1) is 8.99. The first-order valence-corrected chi connectivity index (χ1v) is 2.95. The van der Waals surface area contributed by atoms with Gasteiger partial charge in [-0.3, -0.25) is 0 Å². The number of hydrogen-bond donors (Lipinski definition) is 0. The number of hydrogen-bond acceptors (Lipinski definition) is 3. The fraction of sp³-hybridized carbons (Fsp3) is 0.333. The molecule has 0 aliphatic rings. The average molecular weight is 160 g/mol. The highest BCUT2D eigenvalue weighted by atomic mass is 35.5. The van der Waals surface area contributed by atoms with E-state index in [0.717, 1.165) is 0 Å². The highest BCUT2D eigenvalue weighted by Gasteiger charge is 2.09. The topological polar surface area (TPSA) is 50.1 Å². The molecule has 1 atom stereocenters. The number of rotatable bonds is 2. The standard InChI is InChI=1S/C6H6ClNO2/c1-4(3-8)6(9)10-5(2)7/h5H,1H2,2H3. The molecule has 0 aromatic heterocycles. The molecule has 0 saturated carbocycles. The lowest BCUT2D eigenvalue weighted by Gasteiger charge is -2.02. The van der Waals surface area contributed by atoms with Crippen molar-refractivity contribution < 1.29 is 9.53 Å². The van der Waals surface area contributed by atoms with Crippen molar-refractivity contribution in [2.45, 2.75) is 12.5 Å². The number of nitrogens with zero attached hydrogens (tertiary/aromatic N) is 1. The molecule has 0 aliphatic carbocycles. The monoisotopic (exact) mass is 159 g/mol. The van der Waals surface area contributed by atoms with Gasteiger partial charge in [-0.2, -0.15) is 5.26 Å². The van der Waals surface area contributed by atoms with Gasteiger partial charge in [-0.1, -0.05) is 18.2 Å². The van der Waals surface area contributed by atoms with Gasteiger partial charge in [-0.25, -0.2) is 4.79 Å². The number of esters is 1. The predicted molar refractivity (Wildman–Crippen MR) is 36.2 cm³/mol.